The third-order valence-electron chi connectivity index (χ3n) is 4.40. The van der Waals surface area contributed by atoms with E-state index in [0.717, 1.165) is 0 Å². The monoisotopic (exact) mass is 337 g/mol. The molecule has 126 valence electrons. The largest absolute Gasteiger partial charge is 0.294 e. The normalized spacial score (nSPS) is 16.0. The lowest BCUT2D eigenvalue weighted by Crippen LogP contribution is -2.29. The van der Waals surface area contributed by atoms with E-state index in [4.69, 9.17) is 0 Å². The van der Waals surface area contributed by atoms with Gasteiger partial charge in [-0.05, 0) is 11.8 Å². The van der Waals surface area contributed by atoms with Crippen molar-refractivity contribution >= 4 is 17.2 Å². The highest BCUT2D eigenvalue weighted by Gasteiger charge is 2.35. The molecule has 3 aromatic rings. The number of nitro benzene ring substituents is 1. The van der Waals surface area contributed by atoms with Crippen LogP contribution in [-0.4, -0.2) is 30.3 Å². The van der Waals surface area contributed by atoms with Gasteiger partial charge in [0, 0.05) is 24.1 Å². The number of nitrogens with zero attached hydrogens (tertiary/aromatic N) is 5. The number of carbonyl (C=O) groups excluding carboxylic acids is 1. The minimum Gasteiger partial charge on any atom is -0.294 e. The van der Waals surface area contributed by atoms with Crippen LogP contribution in [0.4, 0.5) is 5.69 Å². The zero-order valence-corrected chi connectivity index (χ0v) is 13.8. The molecular weight excluding hydrogens is 322 g/mol. The lowest BCUT2D eigenvalue weighted by atomic mass is 9.75. The number of rotatable bonds is 2. The Kier molecular flexibility index (Phi) is 3.18. The van der Waals surface area contributed by atoms with Gasteiger partial charge in [-0.2, -0.15) is 14.6 Å². The Morgan fingerprint density at radius 2 is 2.08 bits per heavy atom. The van der Waals surface area contributed by atoms with Crippen LogP contribution < -0.4 is 0 Å². The highest BCUT2D eigenvalue weighted by molar-refractivity contribution is 6.04. The zero-order valence-electron chi connectivity index (χ0n) is 13.8. The molecule has 0 radical (unpaired) electrons. The van der Waals surface area contributed by atoms with Gasteiger partial charge in [0.25, 0.3) is 11.5 Å². The van der Waals surface area contributed by atoms with E-state index in [1.165, 1.54) is 23.0 Å². The summed E-state index contributed by atoms with van der Waals surface area (Å²) in [5.74, 6) is 0.350. The van der Waals surface area contributed by atoms with Crippen LogP contribution in [0, 0.1) is 15.5 Å². The van der Waals surface area contributed by atoms with Crippen molar-refractivity contribution in [3.8, 4) is 11.3 Å². The molecule has 0 aliphatic heterocycles. The second kappa shape index (κ2) is 5.17. The van der Waals surface area contributed by atoms with E-state index in [2.05, 4.69) is 15.1 Å². The molecule has 0 unspecified atom stereocenters. The molecule has 0 atom stereocenters. The molecule has 2 heterocycles. The van der Waals surface area contributed by atoms with E-state index in [9.17, 15) is 14.9 Å². The number of benzene rings is 1. The Hall–Kier alpha value is -3.16. The first-order valence-corrected chi connectivity index (χ1v) is 7.86. The van der Waals surface area contributed by atoms with Crippen LogP contribution in [0.1, 0.15) is 36.3 Å². The summed E-state index contributed by atoms with van der Waals surface area (Å²) in [4.78, 5) is 32.2. The van der Waals surface area contributed by atoms with Gasteiger partial charge < -0.3 is 0 Å². The van der Waals surface area contributed by atoms with Gasteiger partial charge in [0.15, 0.2) is 5.78 Å². The van der Waals surface area contributed by atoms with Crippen molar-refractivity contribution in [2.75, 3.05) is 0 Å². The van der Waals surface area contributed by atoms with Crippen LogP contribution in [-0.2, 0) is 6.42 Å². The molecule has 1 aliphatic carbocycles. The van der Waals surface area contributed by atoms with Gasteiger partial charge in [-0.1, -0.05) is 26.0 Å². The lowest BCUT2D eigenvalue weighted by molar-refractivity contribution is -0.384. The molecule has 0 bridgehead atoms. The number of carbonyl (C=O) groups is 1. The standard InChI is InChI=1S/C17H15N5O3/c1-17(2)7-12-14(13(23)8-17)15(21-16(20-12)18-9-19-21)10-4-3-5-11(6-10)22(24)25/h3-6,9H,7-8H2,1-2H3. The molecule has 4 rings (SSSR count). The van der Waals surface area contributed by atoms with E-state index in [0.29, 0.717) is 41.1 Å². The highest BCUT2D eigenvalue weighted by atomic mass is 16.6. The zero-order chi connectivity index (χ0) is 17.8. The number of nitro groups is 1. The average Bonchev–Trinajstić information content (AvgIpc) is 2.99. The first kappa shape index (κ1) is 15.4. The maximum atomic E-state index is 12.8. The van der Waals surface area contributed by atoms with Crippen molar-refractivity contribution in [3.05, 3.63) is 52.0 Å². The first-order chi connectivity index (χ1) is 11.9. The molecule has 0 spiro atoms. The fourth-order valence-electron chi connectivity index (χ4n) is 3.38. The van der Waals surface area contributed by atoms with Crippen LogP contribution in [0.25, 0.3) is 17.0 Å². The first-order valence-electron chi connectivity index (χ1n) is 7.86. The van der Waals surface area contributed by atoms with Crippen LogP contribution in [0.3, 0.4) is 0 Å². The maximum Gasteiger partial charge on any atom is 0.270 e. The Labute approximate surface area is 142 Å². The quantitative estimate of drug-likeness (QED) is 0.526. The van der Waals surface area contributed by atoms with E-state index >= 15 is 0 Å². The summed E-state index contributed by atoms with van der Waals surface area (Å²) in [5, 5.41) is 15.3. The van der Waals surface area contributed by atoms with Crippen molar-refractivity contribution in [2.24, 2.45) is 5.41 Å². The molecule has 0 saturated carbocycles. The van der Waals surface area contributed by atoms with Crippen molar-refractivity contribution in [1.29, 1.82) is 0 Å². The van der Waals surface area contributed by atoms with Crippen molar-refractivity contribution in [3.63, 3.8) is 0 Å². The van der Waals surface area contributed by atoms with Crippen LogP contribution >= 0.6 is 0 Å². The molecule has 1 aromatic carbocycles. The number of fused-ring (bicyclic) bond motifs is 2. The predicted octanol–water partition coefficient (Wildman–Crippen LogP) is 2.85. The van der Waals surface area contributed by atoms with Crippen molar-refractivity contribution < 1.29 is 9.72 Å². The molecule has 25 heavy (non-hydrogen) atoms. The molecule has 0 fully saturated rings. The highest BCUT2D eigenvalue weighted by Crippen LogP contribution is 2.38. The van der Waals surface area contributed by atoms with E-state index in [1.54, 1.807) is 12.1 Å². The molecule has 0 amide bonds. The third kappa shape index (κ3) is 2.46. The van der Waals surface area contributed by atoms with Gasteiger partial charge >= 0.3 is 0 Å². The molecule has 8 nitrogen and oxygen atoms in total. The summed E-state index contributed by atoms with van der Waals surface area (Å²) in [7, 11) is 0. The maximum absolute atomic E-state index is 12.8. The molecule has 2 aromatic heterocycles. The Balaban J connectivity index is 2.05. The smallest absolute Gasteiger partial charge is 0.270 e. The van der Waals surface area contributed by atoms with Gasteiger partial charge in [0.05, 0.1) is 21.9 Å². The number of hydrogen-bond donors (Lipinski definition) is 0. The second-order valence-corrected chi connectivity index (χ2v) is 7.00. The molecule has 1 aliphatic rings. The second-order valence-electron chi connectivity index (χ2n) is 7.00. The summed E-state index contributed by atoms with van der Waals surface area (Å²) in [6, 6.07) is 6.20. The number of ketones is 1. The Morgan fingerprint density at radius 3 is 2.84 bits per heavy atom. The number of Topliss-reactive ketones (excluding diaryl/α,β-unsaturated/α-hetero) is 1. The average molecular weight is 337 g/mol. The van der Waals surface area contributed by atoms with Crippen LogP contribution in [0.2, 0.25) is 0 Å². The molecule has 0 saturated heterocycles. The summed E-state index contributed by atoms with van der Waals surface area (Å²) in [6.07, 6.45) is 2.40. The van der Waals surface area contributed by atoms with Crippen LogP contribution in [0.15, 0.2) is 30.6 Å². The summed E-state index contributed by atoms with van der Waals surface area (Å²) in [6.45, 7) is 4.05. The topological polar surface area (TPSA) is 103 Å². The Bertz CT molecular complexity index is 1040. The van der Waals surface area contributed by atoms with Gasteiger partial charge in [-0.25, -0.2) is 4.98 Å². The van der Waals surface area contributed by atoms with Crippen LogP contribution in [0.5, 0.6) is 0 Å². The van der Waals surface area contributed by atoms with Gasteiger partial charge in [0.1, 0.15) is 6.33 Å². The summed E-state index contributed by atoms with van der Waals surface area (Å²) in [5.41, 5.74) is 1.99. The predicted molar refractivity (Wildman–Crippen MR) is 89.3 cm³/mol. The Morgan fingerprint density at radius 1 is 1.28 bits per heavy atom. The van der Waals surface area contributed by atoms with Gasteiger partial charge in [-0.3, -0.25) is 14.9 Å². The lowest BCUT2D eigenvalue weighted by Gasteiger charge is -2.30. The fraction of sp³-hybridized carbons (Fsp3) is 0.294. The molecular formula is C17H15N5O3. The number of aromatic nitrogens is 4. The van der Waals surface area contributed by atoms with E-state index < -0.39 is 4.92 Å². The fourth-order valence-corrected chi connectivity index (χ4v) is 3.38. The minimum absolute atomic E-state index is 0.0299. The molecule has 8 heteroatoms. The van der Waals surface area contributed by atoms with E-state index in [1.807, 2.05) is 13.8 Å². The van der Waals surface area contributed by atoms with Crippen molar-refractivity contribution in [1.82, 2.24) is 19.6 Å². The van der Waals surface area contributed by atoms with E-state index in [-0.39, 0.29) is 16.9 Å². The molecule has 0 N–H and O–H groups in total. The summed E-state index contributed by atoms with van der Waals surface area (Å²) >= 11 is 0. The number of hydrogen-bond acceptors (Lipinski definition) is 6. The van der Waals surface area contributed by atoms with Gasteiger partial charge in [0.2, 0.25) is 0 Å². The number of non-ortho nitro benzene ring substituents is 1. The minimum atomic E-state index is -0.458. The van der Waals surface area contributed by atoms with Gasteiger partial charge in [-0.15, -0.1) is 0 Å². The SMILES string of the molecule is CC1(C)CC(=O)c2c(nc3ncnn3c2-c2cccc([N+](=O)[O-])c2)C1. The summed E-state index contributed by atoms with van der Waals surface area (Å²) < 4.78 is 1.48. The third-order valence-corrected chi connectivity index (χ3v) is 4.40. The van der Waals surface area contributed by atoms with Crippen molar-refractivity contribution in [2.45, 2.75) is 26.7 Å².